The van der Waals surface area contributed by atoms with E-state index in [1.54, 1.807) is 12.1 Å². The third-order valence-corrected chi connectivity index (χ3v) is 4.10. The summed E-state index contributed by atoms with van der Waals surface area (Å²) >= 11 is 0. The highest BCUT2D eigenvalue weighted by molar-refractivity contribution is 5.93. The molecule has 1 aliphatic carbocycles. The number of amides is 1. The van der Waals surface area contributed by atoms with Crippen LogP contribution in [0.3, 0.4) is 0 Å². The average Bonchev–Trinajstić information content (AvgIpc) is 2.71. The molecule has 0 heterocycles. The average molecular weight is 264 g/mol. The number of hydrogen-bond donors (Lipinski definition) is 2. The molecular formula is C15H21FN2O. The van der Waals surface area contributed by atoms with Gasteiger partial charge in [-0.25, -0.2) is 4.39 Å². The third-order valence-electron chi connectivity index (χ3n) is 4.10. The largest absolute Gasteiger partial charge is 0.326 e. The molecule has 1 aromatic carbocycles. The van der Waals surface area contributed by atoms with Gasteiger partial charge in [0.05, 0.1) is 5.69 Å². The van der Waals surface area contributed by atoms with Gasteiger partial charge in [-0.3, -0.25) is 4.79 Å². The molecule has 0 radical (unpaired) electrons. The number of hydrogen-bond acceptors (Lipinski definition) is 2. The molecule has 1 saturated carbocycles. The van der Waals surface area contributed by atoms with E-state index in [-0.39, 0.29) is 22.9 Å². The summed E-state index contributed by atoms with van der Waals surface area (Å²) in [5.41, 5.74) is 6.41. The molecule has 0 aromatic heterocycles. The minimum absolute atomic E-state index is 0.00222. The summed E-state index contributed by atoms with van der Waals surface area (Å²) in [7, 11) is 0. The third kappa shape index (κ3) is 2.95. The van der Waals surface area contributed by atoms with E-state index in [2.05, 4.69) is 19.2 Å². The van der Waals surface area contributed by atoms with Crippen LogP contribution in [0.25, 0.3) is 0 Å². The summed E-state index contributed by atoms with van der Waals surface area (Å²) in [6.07, 6.45) is 2.97. The summed E-state index contributed by atoms with van der Waals surface area (Å²) in [5.74, 6) is -0.546. The summed E-state index contributed by atoms with van der Waals surface area (Å²) in [4.78, 5) is 12.2. The molecule has 0 spiro atoms. The van der Waals surface area contributed by atoms with Crippen LogP contribution in [0, 0.1) is 17.2 Å². The van der Waals surface area contributed by atoms with Crippen molar-refractivity contribution in [2.45, 2.75) is 39.7 Å². The summed E-state index contributed by atoms with van der Waals surface area (Å²) in [6, 6.07) is 4.69. The Hall–Kier alpha value is -1.42. The van der Waals surface area contributed by atoms with Gasteiger partial charge in [-0.15, -0.1) is 0 Å². The SMILES string of the molecule is CC1(C)CCCC1C(=O)Nc1ccc(CN)cc1F. The van der Waals surface area contributed by atoms with Crippen LogP contribution in [-0.2, 0) is 11.3 Å². The fourth-order valence-corrected chi connectivity index (χ4v) is 2.82. The Morgan fingerprint density at radius 1 is 1.53 bits per heavy atom. The zero-order valence-electron chi connectivity index (χ0n) is 11.5. The standard InChI is InChI=1S/C15H21FN2O/c1-15(2)7-3-4-11(15)14(19)18-13-6-5-10(9-17)8-12(13)16/h5-6,8,11H,3-4,7,9,17H2,1-2H3,(H,18,19). The van der Waals surface area contributed by atoms with Crippen molar-refractivity contribution >= 4 is 11.6 Å². The van der Waals surface area contributed by atoms with Crippen LogP contribution in [-0.4, -0.2) is 5.91 Å². The number of rotatable bonds is 3. The monoisotopic (exact) mass is 264 g/mol. The van der Waals surface area contributed by atoms with Crippen molar-refractivity contribution in [3.05, 3.63) is 29.6 Å². The molecule has 0 bridgehead atoms. The zero-order valence-corrected chi connectivity index (χ0v) is 11.5. The van der Waals surface area contributed by atoms with Gasteiger partial charge in [0.2, 0.25) is 5.91 Å². The molecule has 1 amide bonds. The summed E-state index contributed by atoms with van der Waals surface area (Å²) in [5, 5.41) is 2.70. The van der Waals surface area contributed by atoms with Gasteiger partial charge in [-0.1, -0.05) is 26.3 Å². The van der Waals surface area contributed by atoms with E-state index in [4.69, 9.17) is 5.73 Å². The second-order valence-electron chi connectivity index (χ2n) is 5.94. The van der Waals surface area contributed by atoms with Gasteiger partial charge >= 0.3 is 0 Å². The molecule has 0 saturated heterocycles. The molecule has 3 nitrogen and oxygen atoms in total. The predicted octanol–water partition coefficient (Wildman–Crippen LogP) is 3.05. The Morgan fingerprint density at radius 3 is 2.79 bits per heavy atom. The van der Waals surface area contributed by atoms with Gasteiger partial charge < -0.3 is 11.1 Å². The van der Waals surface area contributed by atoms with Crippen molar-refractivity contribution in [3.8, 4) is 0 Å². The molecule has 3 N–H and O–H groups in total. The highest BCUT2D eigenvalue weighted by Gasteiger charge is 2.39. The fourth-order valence-electron chi connectivity index (χ4n) is 2.82. The van der Waals surface area contributed by atoms with Gasteiger partial charge in [0.15, 0.2) is 0 Å². The van der Waals surface area contributed by atoms with E-state index in [1.165, 1.54) is 6.07 Å². The lowest BCUT2D eigenvalue weighted by Crippen LogP contribution is -2.31. The topological polar surface area (TPSA) is 55.1 Å². The molecular weight excluding hydrogens is 243 g/mol. The first-order chi connectivity index (χ1) is 8.94. The van der Waals surface area contributed by atoms with Crippen molar-refractivity contribution in [1.29, 1.82) is 0 Å². The first-order valence-corrected chi connectivity index (χ1v) is 6.73. The molecule has 19 heavy (non-hydrogen) atoms. The number of nitrogens with two attached hydrogens (primary N) is 1. The molecule has 1 fully saturated rings. The van der Waals surface area contributed by atoms with Crippen molar-refractivity contribution in [3.63, 3.8) is 0 Å². The van der Waals surface area contributed by atoms with Crippen LogP contribution in [0.4, 0.5) is 10.1 Å². The normalized spacial score (nSPS) is 21.4. The van der Waals surface area contributed by atoms with E-state index >= 15 is 0 Å². The van der Waals surface area contributed by atoms with Crippen LogP contribution < -0.4 is 11.1 Å². The van der Waals surface area contributed by atoms with E-state index < -0.39 is 5.82 Å². The maximum absolute atomic E-state index is 13.8. The quantitative estimate of drug-likeness (QED) is 0.881. The molecule has 104 valence electrons. The van der Waals surface area contributed by atoms with Crippen LogP contribution in [0.1, 0.15) is 38.7 Å². The lowest BCUT2D eigenvalue weighted by atomic mass is 9.81. The number of anilines is 1. The minimum Gasteiger partial charge on any atom is -0.326 e. The van der Waals surface area contributed by atoms with Crippen LogP contribution in [0.15, 0.2) is 18.2 Å². The lowest BCUT2D eigenvalue weighted by molar-refractivity contribution is -0.122. The molecule has 2 rings (SSSR count). The summed E-state index contributed by atoms with van der Waals surface area (Å²) in [6.45, 7) is 4.48. The second-order valence-corrected chi connectivity index (χ2v) is 5.94. The number of benzene rings is 1. The van der Waals surface area contributed by atoms with Crippen LogP contribution in [0.2, 0.25) is 0 Å². The van der Waals surface area contributed by atoms with Crippen LogP contribution >= 0.6 is 0 Å². The highest BCUT2D eigenvalue weighted by Crippen LogP contribution is 2.43. The summed E-state index contributed by atoms with van der Waals surface area (Å²) < 4.78 is 13.8. The van der Waals surface area contributed by atoms with Gasteiger partial charge in [0.25, 0.3) is 0 Å². The molecule has 0 aliphatic heterocycles. The molecule has 1 aromatic rings. The Bertz CT molecular complexity index is 485. The van der Waals surface area contributed by atoms with Crippen molar-refractivity contribution < 1.29 is 9.18 Å². The lowest BCUT2D eigenvalue weighted by Gasteiger charge is -2.26. The fraction of sp³-hybridized carbons (Fsp3) is 0.533. The first-order valence-electron chi connectivity index (χ1n) is 6.73. The number of nitrogens with one attached hydrogen (secondary N) is 1. The Labute approximate surface area is 113 Å². The second kappa shape index (κ2) is 5.29. The Morgan fingerprint density at radius 2 is 2.26 bits per heavy atom. The van der Waals surface area contributed by atoms with E-state index in [9.17, 15) is 9.18 Å². The maximum atomic E-state index is 13.8. The minimum atomic E-state index is -0.424. The van der Waals surface area contributed by atoms with Gasteiger partial charge in [0.1, 0.15) is 5.82 Å². The number of halogens is 1. The van der Waals surface area contributed by atoms with Gasteiger partial charge in [-0.2, -0.15) is 0 Å². The first kappa shape index (κ1) is 14.0. The number of carbonyl (C=O) groups is 1. The maximum Gasteiger partial charge on any atom is 0.228 e. The molecule has 1 aliphatic rings. The van der Waals surface area contributed by atoms with Crippen LogP contribution in [0.5, 0.6) is 0 Å². The number of carbonyl (C=O) groups excluding carboxylic acids is 1. The zero-order chi connectivity index (χ0) is 14.0. The molecule has 4 heteroatoms. The van der Waals surface area contributed by atoms with E-state index in [0.29, 0.717) is 6.54 Å². The highest BCUT2D eigenvalue weighted by atomic mass is 19.1. The Kier molecular flexibility index (Phi) is 3.90. The van der Waals surface area contributed by atoms with Crippen molar-refractivity contribution in [2.75, 3.05) is 5.32 Å². The molecule has 1 atom stereocenters. The van der Waals surface area contributed by atoms with E-state index in [0.717, 1.165) is 24.8 Å². The Balaban J connectivity index is 2.11. The molecule has 1 unspecified atom stereocenters. The van der Waals surface area contributed by atoms with E-state index in [1.807, 2.05) is 0 Å². The smallest absolute Gasteiger partial charge is 0.228 e. The van der Waals surface area contributed by atoms with Crippen molar-refractivity contribution in [2.24, 2.45) is 17.1 Å². The van der Waals surface area contributed by atoms with Gasteiger partial charge in [-0.05, 0) is 36.0 Å². The predicted molar refractivity (Wildman–Crippen MR) is 74.0 cm³/mol. The van der Waals surface area contributed by atoms with Crippen molar-refractivity contribution in [1.82, 2.24) is 0 Å². The van der Waals surface area contributed by atoms with Gasteiger partial charge in [0, 0.05) is 12.5 Å².